The van der Waals surface area contributed by atoms with Gasteiger partial charge in [0.2, 0.25) is 0 Å². The number of aliphatic hydroxyl groups is 1. The topological polar surface area (TPSA) is 29.5 Å². The van der Waals surface area contributed by atoms with Crippen molar-refractivity contribution in [2.75, 3.05) is 7.11 Å². The maximum Gasteiger partial charge on any atom is 0.162 e. The molecule has 0 radical (unpaired) electrons. The van der Waals surface area contributed by atoms with Crippen LogP contribution < -0.4 is 0 Å². The second-order valence-electron chi connectivity index (χ2n) is 2.13. The van der Waals surface area contributed by atoms with Crippen LogP contribution in [0.3, 0.4) is 0 Å². The highest BCUT2D eigenvalue weighted by atomic mass is 16.6. The predicted molar refractivity (Wildman–Crippen MR) is 32.5 cm³/mol. The minimum Gasteiger partial charge on any atom is -0.366 e. The molecule has 8 heavy (non-hydrogen) atoms. The maximum absolute atomic E-state index is 9.10. The SMILES string of the molecule is CCCC(C)(O)OC. The molecule has 0 aromatic rings. The largest absolute Gasteiger partial charge is 0.366 e. The molecule has 0 saturated heterocycles. The lowest BCUT2D eigenvalue weighted by Gasteiger charge is -2.19. The first-order valence-electron chi connectivity index (χ1n) is 2.90. The van der Waals surface area contributed by atoms with Crippen LogP contribution in [0.2, 0.25) is 0 Å². The molecule has 0 rings (SSSR count). The van der Waals surface area contributed by atoms with Crippen molar-refractivity contribution in [3.63, 3.8) is 0 Å². The molecule has 0 bridgehead atoms. The molecule has 1 unspecified atom stereocenters. The molecule has 0 aliphatic carbocycles. The minimum atomic E-state index is -0.908. The first kappa shape index (κ1) is 7.92. The second-order valence-corrected chi connectivity index (χ2v) is 2.13. The van der Waals surface area contributed by atoms with E-state index in [0.717, 1.165) is 6.42 Å². The molecular weight excluding hydrogens is 104 g/mol. The van der Waals surface area contributed by atoms with Crippen LogP contribution in [0, 0.1) is 0 Å². The van der Waals surface area contributed by atoms with Crippen molar-refractivity contribution in [2.45, 2.75) is 32.5 Å². The Kier molecular flexibility index (Phi) is 3.02. The van der Waals surface area contributed by atoms with Gasteiger partial charge in [-0.15, -0.1) is 0 Å². The molecule has 0 saturated carbocycles. The van der Waals surface area contributed by atoms with Crippen LogP contribution in [-0.2, 0) is 4.74 Å². The van der Waals surface area contributed by atoms with E-state index in [1.54, 1.807) is 6.92 Å². The summed E-state index contributed by atoms with van der Waals surface area (Å²) in [4.78, 5) is 0. The third kappa shape index (κ3) is 2.99. The van der Waals surface area contributed by atoms with Gasteiger partial charge in [-0.1, -0.05) is 13.3 Å². The Hall–Kier alpha value is -0.0800. The lowest BCUT2D eigenvalue weighted by Crippen LogP contribution is -2.25. The van der Waals surface area contributed by atoms with E-state index in [9.17, 15) is 0 Å². The molecule has 0 heterocycles. The van der Waals surface area contributed by atoms with Gasteiger partial charge < -0.3 is 9.84 Å². The lowest BCUT2D eigenvalue weighted by atomic mass is 10.2. The van der Waals surface area contributed by atoms with Crippen LogP contribution in [0.1, 0.15) is 26.7 Å². The summed E-state index contributed by atoms with van der Waals surface area (Å²) < 4.78 is 4.73. The molecule has 0 aliphatic heterocycles. The summed E-state index contributed by atoms with van der Waals surface area (Å²) in [7, 11) is 1.51. The van der Waals surface area contributed by atoms with Gasteiger partial charge in [-0.2, -0.15) is 0 Å². The molecule has 0 aromatic carbocycles. The van der Waals surface area contributed by atoms with E-state index < -0.39 is 5.79 Å². The van der Waals surface area contributed by atoms with E-state index >= 15 is 0 Å². The van der Waals surface area contributed by atoms with Crippen molar-refractivity contribution in [3.05, 3.63) is 0 Å². The second kappa shape index (κ2) is 3.05. The summed E-state index contributed by atoms with van der Waals surface area (Å²) in [5.74, 6) is -0.908. The van der Waals surface area contributed by atoms with Crippen molar-refractivity contribution < 1.29 is 9.84 Å². The van der Waals surface area contributed by atoms with E-state index in [1.807, 2.05) is 6.92 Å². The van der Waals surface area contributed by atoms with Crippen molar-refractivity contribution in [2.24, 2.45) is 0 Å². The predicted octanol–water partition coefficient (Wildman–Crippen LogP) is 1.14. The van der Waals surface area contributed by atoms with Crippen LogP contribution in [0.4, 0.5) is 0 Å². The average molecular weight is 118 g/mol. The summed E-state index contributed by atoms with van der Waals surface area (Å²) in [5.41, 5.74) is 0. The highest BCUT2D eigenvalue weighted by molar-refractivity contribution is 4.55. The fraction of sp³-hybridized carbons (Fsp3) is 1.00. The first-order valence-corrected chi connectivity index (χ1v) is 2.90. The van der Waals surface area contributed by atoms with Crippen molar-refractivity contribution >= 4 is 0 Å². The van der Waals surface area contributed by atoms with Gasteiger partial charge in [-0.05, 0) is 6.92 Å². The zero-order valence-electron chi connectivity index (χ0n) is 5.77. The standard InChI is InChI=1S/C6H14O2/c1-4-5-6(2,7)8-3/h7H,4-5H2,1-3H3. The van der Waals surface area contributed by atoms with Gasteiger partial charge in [0.15, 0.2) is 5.79 Å². The number of hydrogen-bond donors (Lipinski definition) is 1. The Morgan fingerprint density at radius 3 is 2.25 bits per heavy atom. The third-order valence-electron chi connectivity index (χ3n) is 1.15. The Balaban J connectivity index is 3.37. The van der Waals surface area contributed by atoms with Crippen LogP contribution in [0.25, 0.3) is 0 Å². The normalized spacial score (nSPS) is 18.0. The molecule has 1 atom stereocenters. The van der Waals surface area contributed by atoms with Crippen LogP contribution in [0.5, 0.6) is 0 Å². The Morgan fingerprint density at radius 2 is 2.12 bits per heavy atom. The molecule has 50 valence electrons. The summed E-state index contributed by atoms with van der Waals surface area (Å²) in [6, 6.07) is 0. The van der Waals surface area contributed by atoms with E-state index in [2.05, 4.69) is 0 Å². The van der Waals surface area contributed by atoms with Gasteiger partial charge >= 0.3 is 0 Å². The Bertz CT molecular complexity index is 59.5. The zero-order chi connectivity index (χ0) is 6.62. The minimum absolute atomic E-state index is 0.698. The van der Waals surface area contributed by atoms with Gasteiger partial charge in [0.25, 0.3) is 0 Å². The van der Waals surface area contributed by atoms with Gasteiger partial charge in [-0.25, -0.2) is 0 Å². The fourth-order valence-corrected chi connectivity index (χ4v) is 0.566. The Labute approximate surface area is 50.5 Å². The van der Waals surface area contributed by atoms with E-state index in [4.69, 9.17) is 9.84 Å². The van der Waals surface area contributed by atoms with E-state index in [1.165, 1.54) is 7.11 Å². The molecule has 0 spiro atoms. The van der Waals surface area contributed by atoms with Crippen molar-refractivity contribution in [3.8, 4) is 0 Å². The highest BCUT2D eigenvalue weighted by Crippen LogP contribution is 2.10. The molecule has 0 aromatic heterocycles. The van der Waals surface area contributed by atoms with Gasteiger partial charge in [0.05, 0.1) is 0 Å². The molecule has 0 fully saturated rings. The summed E-state index contributed by atoms with van der Waals surface area (Å²) in [5, 5.41) is 9.10. The lowest BCUT2D eigenvalue weighted by molar-refractivity contribution is -0.174. The van der Waals surface area contributed by atoms with E-state index in [-0.39, 0.29) is 0 Å². The Morgan fingerprint density at radius 1 is 1.62 bits per heavy atom. The molecule has 1 N–H and O–H groups in total. The summed E-state index contributed by atoms with van der Waals surface area (Å²) in [6.45, 7) is 3.67. The third-order valence-corrected chi connectivity index (χ3v) is 1.15. The number of ether oxygens (including phenoxy) is 1. The van der Waals surface area contributed by atoms with E-state index in [0.29, 0.717) is 6.42 Å². The van der Waals surface area contributed by atoms with Crippen LogP contribution >= 0.6 is 0 Å². The molecular formula is C6H14O2. The quantitative estimate of drug-likeness (QED) is 0.563. The summed E-state index contributed by atoms with van der Waals surface area (Å²) in [6.07, 6.45) is 1.64. The monoisotopic (exact) mass is 118 g/mol. The first-order chi connectivity index (χ1) is 3.62. The number of hydrogen-bond acceptors (Lipinski definition) is 2. The average Bonchev–Trinajstić information content (AvgIpc) is 1.67. The van der Waals surface area contributed by atoms with Gasteiger partial charge in [-0.3, -0.25) is 0 Å². The van der Waals surface area contributed by atoms with Crippen molar-refractivity contribution in [1.29, 1.82) is 0 Å². The van der Waals surface area contributed by atoms with Crippen molar-refractivity contribution in [1.82, 2.24) is 0 Å². The van der Waals surface area contributed by atoms with Crippen LogP contribution in [-0.4, -0.2) is 18.0 Å². The summed E-state index contributed by atoms with van der Waals surface area (Å²) >= 11 is 0. The maximum atomic E-state index is 9.10. The molecule has 0 amide bonds. The number of methoxy groups -OCH3 is 1. The van der Waals surface area contributed by atoms with Gasteiger partial charge in [0, 0.05) is 13.5 Å². The molecule has 0 aliphatic rings. The highest BCUT2D eigenvalue weighted by Gasteiger charge is 2.15. The molecule has 2 nitrogen and oxygen atoms in total. The number of rotatable bonds is 3. The fourth-order valence-electron chi connectivity index (χ4n) is 0.566. The van der Waals surface area contributed by atoms with Crippen LogP contribution in [0.15, 0.2) is 0 Å². The smallest absolute Gasteiger partial charge is 0.162 e. The zero-order valence-corrected chi connectivity index (χ0v) is 5.77. The molecule has 2 heteroatoms. The van der Waals surface area contributed by atoms with Gasteiger partial charge in [0.1, 0.15) is 0 Å².